The van der Waals surface area contributed by atoms with E-state index in [9.17, 15) is 26.4 Å². The van der Waals surface area contributed by atoms with Crippen molar-refractivity contribution in [2.75, 3.05) is 40.3 Å². The second kappa shape index (κ2) is 8.38. The average molecular weight is 481 g/mol. The van der Waals surface area contributed by atoms with Gasteiger partial charge in [-0.05, 0) is 49.5 Å². The Hall–Kier alpha value is -3.05. The van der Waals surface area contributed by atoms with Crippen molar-refractivity contribution in [3.63, 3.8) is 0 Å². The van der Waals surface area contributed by atoms with Gasteiger partial charge in [0.25, 0.3) is 15.9 Å². The minimum atomic E-state index is -4.71. The van der Waals surface area contributed by atoms with E-state index in [-0.39, 0.29) is 11.2 Å². The zero-order chi connectivity index (χ0) is 24.0. The van der Waals surface area contributed by atoms with E-state index in [4.69, 9.17) is 4.74 Å². The van der Waals surface area contributed by atoms with E-state index in [1.807, 2.05) is 11.9 Å². The zero-order valence-corrected chi connectivity index (χ0v) is 18.8. The third-order valence-corrected chi connectivity index (χ3v) is 7.40. The van der Waals surface area contributed by atoms with E-state index in [0.717, 1.165) is 22.2 Å². The number of hydrogen-bond acceptors (Lipinski definition) is 5. The molecule has 1 aliphatic rings. The van der Waals surface area contributed by atoms with Crippen LogP contribution in [0.2, 0.25) is 0 Å². The van der Waals surface area contributed by atoms with E-state index in [2.05, 4.69) is 0 Å². The molecule has 0 bridgehead atoms. The van der Waals surface area contributed by atoms with Crippen LogP contribution in [0.25, 0.3) is 10.9 Å². The second-order valence-electron chi connectivity index (χ2n) is 7.84. The number of carbonyl (C=O) groups is 1. The number of amides is 1. The molecule has 11 heteroatoms. The summed E-state index contributed by atoms with van der Waals surface area (Å²) in [6.45, 7) is 2.06. The summed E-state index contributed by atoms with van der Waals surface area (Å²) in [6.07, 6.45) is -4.71. The number of hydrogen-bond donors (Lipinski definition) is 0. The lowest BCUT2D eigenvalue weighted by atomic mass is 10.2. The van der Waals surface area contributed by atoms with Crippen LogP contribution in [-0.4, -0.2) is 68.4 Å². The van der Waals surface area contributed by atoms with Crippen LogP contribution >= 0.6 is 0 Å². The number of nitrogens with zero attached hydrogens (tertiary/aromatic N) is 3. The summed E-state index contributed by atoms with van der Waals surface area (Å²) in [6, 6.07) is 9.52. The van der Waals surface area contributed by atoms with Crippen LogP contribution in [0.5, 0.6) is 5.75 Å². The van der Waals surface area contributed by atoms with E-state index in [0.29, 0.717) is 43.4 Å². The van der Waals surface area contributed by atoms with Crippen molar-refractivity contribution < 1.29 is 31.1 Å². The van der Waals surface area contributed by atoms with Gasteiger partial charge in [-0.15, -0.1) is 0 Å². The molecular formula is C22H22F3N3O4S. The Kier molecular flexibility index (Phi) is 5.87. The number of carbonyl (C=O) groups excluding carboxylic acids is 1. The lowest BCUT2D eigenvalue weighted by molar-refractivity contribution is -0.137. The van der Waals surface area contributed by atoms with Gasteiger partial charge >= 0.3 is 6.18 Å². The average Bonchev–Trinajstić information content (AvgIpc) is 3.18. The molecule has 0 radical (unpaired) electrons. The fourth-order valence-corrected chi connectivity index (χ4v) is 5.37. The first-order valence-electron chi connectivity index (χ1n) is 10.1. The second-order valence-corrected chi connectivity index (χ2v) is 9.63. The lowest BCUT2D eigenvalue weighted by Gasteiger charge is -2.32. The number of ether oxygens (including phenoxy) is 1. The Balaban J connectivity index is 1.90. The maximum Gasteiger partial charge on any atom is 0.416 e. The highest BCUT2D eigenvalue weighted by atomic mass is 32.2. The topological polar surface area (TPSA) is 71.8 Å². The number of halogens is 3. The molecule has 0 atom stereocenters. The molecule has 176 valence electrons. The van der Waals surface area contributed by atoms with E-state index in [1.54, 1.807) is 11.0 Å². The largest absolute Gasteiger partial charge is 0.497 e. The van der Waals surface area contributed by atoms with Crippen molar-refractivity contribution in [1.82, 2.24) is 13.8 Å². The van der Waals surface area contributed by atoms with Crippen LogP contribution < -0.4 is 4.74 Å². The van der Waals surface area contributed by atoms with Crippen molar-refractivity contribution in [2.24, 2.45) is 0 Å². The summed E-state index contributed by atoms with van der Waals surface area (Å²) in [4.78, 5) is 16.4. The van der Waals surface area contributed by atoms with Crippen LogP contribution in [0.3, 0.4) is 0 Å². The van der Waals surface area contributed by atoms with Crippen LogP contribution in [0, 0.1) is 0 Å². The molecule has 1 amide bonds. The van der Waals surface area contributed by atoms with E-state index < -0.39 is 32.6 Å². The first kappa shape index (κ1) is 23.1. The minimum Gasteiger partial charge on any atom is -0.497 e. The Morgan fingerprint density at radius 1 is 1.00 bits per heavy atom. The molecule has 33 heavy (non-hydrogen) atoms. The Morgan fingerprint density at radius 2 is 1.70 bits per heavy atom. The van der Waals surface area contributed by atoms with Gasteiger partial charge in [-0.2, -0.15) is 13.2 Å². The highest BCUT2D eigenvalue weighted by Crippen LogP contribution is 2.33. The molecule has 1 aliphatic heterocycles. The van der Waals surface area contributed by atoms with Gasteiger partial charge < -0.3 is 14.5 Å². The summed E-state index contributed by atoms with van der Waals surface area (Å²) in [5.74, 6) is -0.0523. The summed E-state index contributed by atoms with van der Waals surface area (Å²) >= 11 is 0. The highest BCUT2D eigenvalue weighted by Gasteiger charge is 2.34. The first-order chi connectivity index (χ1) is 15.5. The van der Waals surface area contributed by atoms with Gasteiger partial charge in [-0.25, -0.2) is 12.4 Å². The third kappa shape index (κ3) is 4.30. The number of aromatic nitrogens is 1. The van der Waals surface area contributed by atoms with Crippen molar-refractivity contribution in [3.8, 4) is 5.75 Å². The van der Waals surface area contributed by atoms with Crippen molar-refractivity contribution in [2.45, 2.75) is 11.1 Å². The molecular weight excluding hydrogens is 459 g/mol. The minimum absolute atomic E-state index is 0.139. The van der Waals surface area contributed by atoms with Crippen molar-refractivity contribution in [1.29, 1.82) is 0 Å². The highest BCUT2D eigenvalue weighted by molar-refractivity contribution is 7.90. The van der Waals surface area contributed by atoms with E-state index >= 15 is 0 Å². The molecule has 3 aromatic rings. The fraction of sp³-hybridized carbons (Fsp3) is 0.318. The Bertz CT molecular complexity index is 1310. The smallest absolute Gasteiger partial charge is 0.416 e. The molecule has 2 heterocycles. The fourth-order valence-electron chi connectivity index (χ4n) is 3.81. The van der Waals surface area contributed by atoms with Gasteiger partial charge in [0.15, 0.2) is 0 Å². The van der Waals surface area contributed by atoms with Gasteiger partial charge in [-0.3, -0.25) is 4.79 Å². The maximum atomic E-state index is 13.6. The molecule has 0 unspecified atom stereocenters. The monoisotopic (exact) mass is 481 g/mol. The van der Waals surface area contributed by atoms with Gasteiger partial charge in [0, 0.05) is 31.6 Å². The van der Waals surface area contributed by atoms with Crippen molar-refractivity contribution in [3.05, 3.63) is 59.8 Å². The van der Waals surface area contributed by atoms with Crippen LogP contribution in [-0.2, 0) is 16.2 Å². The predicted molar refractivity (Wildman–Crippen MR) is 116 cm³/mol. The summed E-state index contributed by atoms with van der Waals surface area (Å²) < 4.78 is 72.9. The Labute approximate surface area is 189 Å². The van der Waals surface area contributed by atoms with Gasteiger partial charge in [0.05, 0.1) is 23.1 Å². The molecule has 1 aromatic heterocycles. The third-order valence-electron chi connectivity index (χ3n) is 5.67. The van der Waals surface area contributed by atoms with Crippen molar-refractivity contribution >= 4 is 26.8 Å². The van der Waals surface area contributed by atoms with Gasteiger partial charge in [-0.1, -0.05) is 6.07 Å². The standard InChI is InChI=1S/C22H22F3N3O4S/c1-26-8-10-27(11-9-26)21(29)20-13-15-12-17(32-2)6-7-19(15)28(20)33(30,31)18-5-3-4-16(14-18)22(23,24)25/h3-7,12-14H,8-11H2,1-2H3. The summed E-state index contributed by atoms with van der Waals surface area (Å²) in [5.41, 5.74) is -1.06. The number of likely N-dealkylation sites (N-methyl/N-ethyl adjacent to an activating group) is 1. The maximum absolute atomic E-state index is 13.6. The SMILES string of the molecule is COc1ccc2c(c1)cc(C(=O)N1CCN(C)CC1)n2S(=O)(=O)c1cccc(C(F)(F)F)c1. The van der Waals surface area contributed by atoms with Crippen LogP contribution in [0.15, 0.2) is 53.4 Å². The summed E-state index contributed by atoms with van der Waals surface area (Å²) in [5, 5.41) is 0.419. The molecule has 0 spiro atoms. The zero-order valence-electron chi connectivity index (χ0n) is 18.0. The molecule has 2 aromatic carbocycles. The summed E-state index contributed by atoms with van der Waals surface area (Å²) in [7, 11) is -1.16. The number of fused-ring (bicyclic) bond motifs is 1. The molecule has 4 rings (SSSR count). The molecule has 0 N–H and O–H groups in total. The number of piperazine rings is 1. The quantitative estimate of drug-likeness (QED) is 0.572. The van der Waals surface area contributed by atoms with Crippen LogP contribution in [0.4, 0.5) is 13.2 Å². The van der Waals surface area contributed by atoms with Gasteiger partial charge in [0.1, 0.15) is 11.4 Å². The molecule has 1 fully saturated rings. The first-order valence-corrected chi connectivity index (χ1v) is 11.6. The van der Waals surface area contributed by atoms with E-state index in [1.165, 1.54) is 25.3 Å². The number of alkyl halides is 3. The number of benzene rings is 2. The normalized spacial score (nSPS) is 15.7. The number of methoxy groups -OCH3 is 1. The van der Waals surface area contributed by atoms with Gasteiger partial charge in [0.2, 0.25) is 0 Å². The molecule has 1 saturated heterocycles. The molecule has 7 nitrogen and oxygen atoms in total. The Morgan fingerprint density at radius 3 is 2.33 bits per heavy atom. The molecule has 0 aliphatic carbocycles. The lowest BCUT2D eigenvalue weighted by Crippen LogP contribution is -2.47. The predicted octanol–water partition coefficient (Wildman–Crippen LogP) is 3.29. The molecule has 0 saturated carbocycles. The number of rotatable bonds is 4. The van der Waals surface area contributed by atoms with Crippen LogP contribution in [0.1, 0.15) is 16.1 Å².